The smallest absolute Gasteiger partial charge is 0.354 e. The first kappa shape index (κ1) is 13.5. The number of aromatic nitrogens is 1. The summed E-state index contributed by atoms with van der Waals surface area (Å²) in [6.07, 6.45) is 2.34. The number of benzene rings is 1. The van der Waals surface area contributed by atoms with E-state index in [9.17, 15) is 9.18 Å². The Labute approximate surface area is 121 Å². The standard InChI is InChI=1S/C16H15FN2O2/c1-10-4-13(17)7-14(5-10)19-3-2-11-6-15(16(20)21)18-8-12(11)9-19/h4-8H,2-3,9H2,1H3,(H,20,21). The molecule has 0 unspecified atom stereocenters. The second-order valence-electron chi connectivity index (χ2n) is 5.30. The fraction of sp³-hybridized carbons (Fsp3) is 0.250. The zero-order chi connectivity index (χ0) is 15.0. The van der Waals surface area contributed by atoms with Gasteiger partial charge in [-0.1, -0.05) is 0 Å². The molecule has 0 saturated heterocycles. The van der Waals surface area contributed by atoms with Gasteiger partial charge in [0, 0.05) is 25.0 Å². The molecule has 1 N–H and O–H groups in total. The van der Waals surface area contributed by atoms with Crippen molar-refractivity contribution in [3.8, 4) is 0 Å². The first-order valence-corrected chi connectivity index (χ1v) is 6.76. The molecule has 0 saturated carbocycles. The molecule has 1 aromatic heterocycles. The number of aromatic carboxylic acids is 1. The number of nitrogens with zero attached hydrogens (tertiary/aromatic N) is 2. The quantitative estimate of drug-likeness (QED) is 0.922. The van der Waals surface area contributed by atoms with Crippen molar-refractivity contribution in [1.29, 1.82) is 0 Å². The lowest BCUT2D eigenvalue weighted by Crippen LogP contribution is -2.30. The van der Waals surface area contributed by atoms with Crippen molar-refractivity contribution in [1.82, 2.24) is 4.98 Å². The number of fused-ring (bicyclic) bond motifs is 1. The molecule has 1 aliphatic heterocycles. The molecule has 0 aliphatic carbocycles. The van der Waals surface area contributed by atoms with E-state index in [2.05, 4.69) is 9.88 Å². The minimum absolute atomic E-state index is 0.0730. The zero-order valence-electron chi connectivity index (χ0n) is 11.6. The van der Waals surface area contributed by atoms with Crippen molar-refractivity contribution in [2.75, 3.05) is 11.4 Å². The molecule has 0 fully saturated rings. The number of rotatable bonds is 2. The summed E-state index contributed by atoms with van der Waals surface area (Å²) in [4.78, 5) is 17.0. The van der Waals surface area contributed by atoms with Gasteiger partial charge in [0.2, 0.25) is 0 Å². The molecule has 2 heterocycles. The van der Waals surface area contributed by atoms with E-state index in [0.29, 0.717) is 6.54 Å². The Bertz CT molecular complexity index is 695. The van der Waals surface area contributed by atoms with Crippen LogP contribution in [0.2, 0.25) is 0 Å². The molecule has 21 heavy (non-hydrogen) atoms. The molecule has 0 spiro atoms. The van der Waals surface area contributed by atoms with Crippen LogP contribution in [0.15, 0.2) is 30.5 Å². The summed E-state index contributed by atoms with van der Waals surface area (Å²) in [5.74, 6) is -1.25. The summed E-state index contributed by atoms with van der Waals surface area (Å²) in [6.45, 7) is 3.22. The number of hydrogen-bond acceptors (Lipinski definition) is 3. The van der Waals surface area contributed by atoms with Crippen LogP contribution < -0.4 is 4.90 Å². The first-order chi connectivity index (χ1) is 10.0. The Morgan fingerprint density at radius 3 is 2.81 bits per heavy atom. The van der Waals surface area contributed by atoms with Gasteiger partial charge in [-0.05, 0) is 54.3 Å². The maximum absolute atomic E-state index is 13.5. The van der Waals surface area contributed by atoms with Gasteiger partial charge in [-0.3, -0.25) is 0 Å². The van der Waals surface area contributed by atoms with Gasteiger partial charge in [0.05, 0.1) is 0 Å². The number of carboxylic acid groups (broad SMARTS) is 1. The summed E-state index contributed by atoms with van der Waals surface area (Å²) < 4.78 is 13.5. The van der Waals surface area contributed by atoms with Crippen LogP contribution in [0.25, 0.3) is 0 Å². The molecule has 0 bridgehead atoms. The van der Waals surface area contributed by atoms with E-state index >= 15 is 0 Å². The van der Waals surface area contributed by atoms with Gasteiger partial charge in [0.15, 0.2) is 0 Å². The normalized spacial score (nSPS) is 13.9. The third kappa shape index (κ3) is 2.72. The van der Waals surface area contributed by atoms with Crippen molar-refractivity contribution in [3.05, 3.63) is 58.7 Å². The highest BCUT2D eigenvalue weighted by molar-refractivity contribution is 5.85. The number of halogens is 1. The number of hydrogen-bond donors (Lipinski definition) is 1. The molecular formula is C16H15FN2O2. The Morgan fingerprint density at radius 2 is 2.10 bits per heavy atom. The van der Waals surface area contributed by atoms with Crippen LogP contribution in [0.4, 0.5) is 10.1 Å². The van der Waals surface area contributed by atoms with Gasteiger partial charge in [0.1, 0.15) is 11.5 Å². The van der Waals surface area contributed by atoms with E-state index < -0.39 is 5.97 Å². The predicted octanol–water partition coefficient (Wildman–Crippen LogP) is 2.79. The highest BCUT2D eigenvalue weighted by Gasteiger charge is 2.19. The average molecular weight is 286 g/mol. The van der Waals surface area contributed by atoms with Crippen molar-refractivity contribution in [2.24, 2.45) is 0 Å². The van der Waals surface area contributed by atoms with Crippen LogP contribution in [-0.4, -0.2) is 22.6 Å². The summed E-state index contributed by atoms with van der Waals surface area (Å²) in [5, 5.41) is 8.96. The number of aryl methyl sites for hydroxylation is 1. The molecule has 1 aromatic carbocycles. The highest BCUT2D eigenvalue weighted by atomic mass is 19.1. The van der Waals surface area contributed by atoms with Crippen LogP contribution in [0.3, 0.4) is 0 Å². The first-order valence-electron chi connectivity index (χ1n) is 6.76. The molecule has 5 heteroatoms. The van der Waals surface area contributed by atoms with E-state index in [4.69, 9.17) is 5.11 Å². The van der Waals surface area contributed by atoms with Crippen molar-refractivity contribution >= 4 is 11.7 Å². The summed E-state index contributed by atoms with van der Waals surface area (Å²) >= 11 is 0. The van der Waals surface area contributed by atoms with Gasteiger partial charge in [-0.15, -0.1) is 0 Å². The Kier molecular flexibility index (Phi) is 3.33. The van der Waals surface area contributed by atoms with Crippen molar-refractivity contribution < 1.29 is 14.3 Å². The van der Waals surface area contributed by atoms with Crippen LogP contribution in [0, 0.1) is 12.7 Å². The summed E-state index contributed by atoms with van der Waals surface area (Å²) in [5.41, 5.74) is 3.80. The molecular weight excluding hydrogens is 271 g/mol. The fourth-order valence-corrected chi connectivity index (χ4v) is 2.68. The Balaban J connectivity index is 1.89. The lowest BCUT2D eigenvalue weighted by molar-refractivity contribution is 0.0690. The van der Waals surface area contributed by atoms with Crippen molar-refractivity contribution in [2.45, 2.75) is 19.9 Å². The van der Waals surface area contributed by atoms with Gasteiger partial charge >= 0.3 is 5.97 Å². The maximum atomic E-state index is 13.5. The third-order valence-corrected chi connectivity index (χ3v) is 3.71. The Morgan fingerprint density at radius 1 is 1.29 bits per heavy atom. The minimum Gasteiger partial charge on any atom is -0.477 e. The van der Waals surface area contributed by atoms with Crippen LogP contribution >= 0.6 is 0 Å². The largest absolute Gasteiger partial charge is 0.477 e. The van der Waals surface area contributed by atoms with Gasteiger partial charge in [-0.2, -0.15) is 0 Å². The summed E-state index contributed by atoms with van der Waals surface area (Å²) in [7, 11) is 0. The van der Waals surface area contributed by atoms with E-state index in [-0.39, 0.29) is 11.5 Å². The number of pyridine rings is 1. The molecule has 108 valence electrons. The van der Waals surface area contributed by atoms with Crippen molar-refractivity contribution in [3.63, 3.8) is 0 Å². The van der Waals surface area contributed by atoms with Gasteiger partial charge in [-0.25, -0.2) is 14.2 Å². The van der Waals surface area contributed by atoms with Crippen LogP contribution in [-0.2, 0) is 13.0 Å². The minimum atomic E-state index is -1.01. The number of carbonyl (C=O) groups is 1. The molecule has 0 amide bonds. The summed E-state index contributed by atoms with van der Waals surface area (Å²) in [6, 6.07) is 6.61. The van der Waals surface area contributed by atoms with Crippen LogP contribution in [0.5, 0.6) is 0 Å². The lowest BCUT2D eigenvalue weighted by atomic mass is 10.00. The second-order valence-corrected chi connectivity index (χ2v) is 5.30. The zero-order valence-corrected chi connectivity index (χ0v) is 11.6. The monoisotopic (exact) mass is 286 g/mol. The predicted molar refractivity (Wildman–Crippen MR) is 77.1 cm³/mol. The van der Waals surface area contributed by atoms with E-state index in [1.807, 2.05) is 13.0 Å². The van der Waals surface area contributed by atoms with Crippen LogP contribution in [0.1, 0.15) is 27.2 Å². The SMILES string of the molecule is Cc1cc(F)cc(N2CCc3cc(C(=O)O)ncc3C2)c1. The second kappa shape index (κ2) is 5.16. The van der Waals surface area contributed by atoms with Gasteiger partial charge < -0.3 is 10.0 Å². The molecule has 3 rings (SSSR count). The van der Waals surface area contributed by atoms with E-state index in [1.165, 1.54) is 12.1 Å². The topological polar surface area (TPSA) is 53.4 Å². The number of carboxylic acids is 1. The number of anilines is 1. The lowest BCUT2D eigenvalue weighted by Gasteiger charge is -2.30. The Hall–Kier alpha value is -2.43. The fourth-order valence-electron chi connectivity index (χ4n) is 2.68. The molecule has 4 nitrogen and oxygen atoms in total. The molecule has 2 aromatic rings. The van der Waals surface area contributed by atoms with E-state index in [0.717, 1.165) is 35.3 Å². The highest BCUT2D eigenvalue weighted by Crippen LogP contribution is 2.26. The molecule has 0 atom stereocenters. The average Bonchev–Trinajstić information content (AvgIpc) is 2.45. The third-order valence-electron chi connectivity index (χ3n) is 3.71. The molecule has 0 radical (unpaired) electrons. The molecule has 1 aliphatic rings. The maximum Gasteiger partial charge on any atom is 0.354 e. The van der Waals surface area contributed by atoms with Gasteiger partial charge in [0.25, 0.3) is 0 Å². The van der Waals surface area contributed by atoms with E-state index in [1.54, 1.807) is 12.3 Å².